The fourth-order valence-electron chi connectivity index (χ4n) is 5.45. The molecule has 0 aliphatic carbocycles. The Bertz CT molecular complexity index is 1340. The van der Waals surface area contributed by atoms with E-state index in [1.807, 2.05) is 12.1 Å². The first-order valence-electron chi connectivity index (χ1n) is 11.1. The lowest BCUT2D eigenvalue weighted by atomic mass is 9.65. The molecule has 0 radical (unpaired) electrons. The molecule has 5 nitrogen and oxygen atoms in total. The zero-order valence-corrected chi connectivity index (χ0v) is 18.8. The van der Waals surface area contributed by atoms with E-state index in [9.17, 15) is 0 Å². The van der Waals surface area contributed by atoms with E-state index in [1.165, 1.54) is 16.7 Å². The molecule has 4 aromatic rings. The number of hydrogen-bond donors (Lipinski definition) is 1. The molecule has 2 atom stereocenters. The number of aryl methyl sites for hydroxylation is 1. The summed E-state index contributed by atoms with van der Waals surface area (Å²) in [6, 6.07) is 21.3. The number of para-hydroxylation sites is 1. The Morgan fingerprint density at radius 3 is 2.78 bits per heavy atom. The first kappa shape index (κ1) is 19.4. The molecule has 5 heteroatoms. The van der Waals surface area contributed by atoms with Crippen molar-refractivity contribution in [3.8, 4) is 17.1 Å². The van der Waals surface area contributed by atoms with E-state index in [0.29, 0.717) is 6.61 Å². The SMILES string of the molecule is CON1c2ccc(-c3nc4ccc(C)cc4[nH]3)cc2C(C)(C)[C@H]2COc3ccccc3[C@H]21. The van der Waals surface area contributed by atoms with Gasteiger partial charge < -0.3 is 9.72 Å². The monoisotopic (exact) mass is 425 g/mol. The predicted octanol–water partition coefficient (Wildman–Crippen LogP) is 5.95. The maximum Gasteiger partial charge on any atom is 0.138 e. The molecule has 32 heavy (non-hydrogen) atoms. The molecule has 0 spiro atoms. The molecule has 3 heterocycles. The summed E-state index contributed by atoms with van der Waals surface area (Å²) in [6.07, 6.45) is 0. The quantitative estimate of drug-likeness (QED) is 0.431. The molecule has 0 fully saturated rings. The Balaban J connectivity index is 1.50. The normalized spacial score (nSPS) is 20.9. The number of nitrogens with one attached hydrogen (secondary N) is 1. The third kappa shape index (κ3) is 2.71. The number of nitrogens with zero attached hydrogens (tertiary/aromatic N) is 2. The summed E-state index contributed by atoms with van der Waals surface area (Å²) >= 11 is 0. The molecule has 0 saturated heterocycles. The van der Waals surface area contributed by atoms with Crippen LogP contribution >= 0.6 is 0 Å². The van der Waals surface area contributed by atoms with Gasteiger partial charge in [0.2, 0.25) is 0 Å². The van der Waals surface area contributed by atoms with E-state index in [4.69, 9.17) is 14.6 Å². The molecular weight excluding hydrogens is 398 g/mol. The van der Waals surface area contributed by atoms with Crippen LogP contribution in [0.5, 0.6) is 5.75 Å². The van der Waals surface area contributed by atoms with Crippen molar-refractivity contribution < 1.29 is 9.57 Å². The number of benzene rings is 3. The topological polar surface area (TPSA) is 50.4 Å². The number of hydroxylamine groups is 1. The average Bonchev–Trinajstić information content (AvgIpc) is 3.22. The average molecular weight is 426 g/mol. The zero-order chi connectivity index (χ0) is 22.0. The summed E-state index contributed by atoms with van der Waals surface area (Å²) in [5.41, 5.74) is 7.77. The van der Waals surface area contributed by atoms with Crippen molar-refractivity contribution in [1.29, 1.82) is 0 Å². The molecule has 2 aliphatic heterocycles. The minimum absolute atomic E-state index is 0.104. The van der Waals surface area contributed by atoms with Crippen molar-refractivity contribution in [2.75, 3.05) is 18.8 Å². The van der Waals surface area contributed by atoms with E-state index in [0.717, 1.165) is 33.9 Å². The van der Waals surface area contributed by atoms with E-state index in [1.54, 1.807) is 7.11 Å². The minimum Gasteiger partial charge on any atom is -0.493 e. The molecule has 6 rings (SSSR count). The Labute approximate surface area is 188 Å². The van der Waals surface area contributed by atoms with Gasteiger partial charge in [0.15, 0.2) is 0 Å². The number of aromatic amines is 1. The van der Waals surface area contributed by atoms with Crippen LogP contribution < -0.4 is 9.80 Å². The number of fused-ring (bicyclic) bond motifs is 5. The Kier molecular flexibility index (Phi) is 4.14. The highest BCUT2D eigenvalue weighted by molar-refractivity contribution is 5.81. The fraction of sp³-hybridized carbons (Fsp3) is 0.296. The van der Waals surface area contributed by atoms with Gasteiger partial charge in [0, 0.05) is 22.5 Å². The van der Waals surface area contributed by atoms with Crippen molar-refractivity contribution in [2.24, 2.45) is 5.92 Å². The van der Waals surface area contributed by atoms with Crippen LogP contribution in [-0.2, 0) is 10.3 Å². The molecular formula is C27H27N3O2. The molecule has 1 aromatic heterocycles. The maximum absolute atomic E-state index is 6.20. The molecule has 162 valence electrons. The Hall–Kier alpha value is -3.31. The fourth-order valence-corrected chi connectivity index (χ4v) is 5.45. The third-order valence-corrected chi connectivity index (χ3v) is 7.25. The van der Waals surface area contributed by atoms with Gasteiger partial charge in [-0.25, -0.2) is 10.0 Å². The molecule has 1 N–H and O–H groups in total. The predicted molar refractivity (Wildman–Crippen MR) is 127 cm³/mol. The second-order valence-electron chi connectivity index (χ2n) is 9.47. The van der Waals surface area contributed by atoms with Crippen molar-refractivity contribution in [1.82, 2.24) is 9.97 Å². The summed E-state index contributed by atoms with van der Waals surface area (Å²) in [5.74, 6) is 2.09. The lowest BCUT2D eigenvalue weighted by molar-refractivity contribution is 0.0442. The highest BCUT2D eigenvalue weighted by Crippen LogP contribution is 2.55. The standard InChI is InChI=1S/C27H27N3O2/c1-16-9-11-21-22(13-16)29-26(28-21)17-10-12-23-19(14-17)27(2,3)20-15-32-24-8-6-5-7-18(24)25(20)30(23)31-4/h5-14,20,25H,15H2,1-4H3,(H,28,29)/t20-,25+/m0/s1. The molecule has 3 aromatic carbocycles. The van der Waals surface area contributed by atoms with E-state index >= 15 is 0 Å². The summed E-state index contributed by atoms with van der Waals surface area (Å²) < 4.78 is 6.20. The van der Waals surface area contributed by atoms with E-state index in [2.05, 4.69) is 79.3 Å². The second kappa shape index (κ2) is 6.84. The molecule has 0 amide bonds. The summed E-state index contributed by atoms with van der Waals surface area (Å²) in [7, 11) is 1.76. The number of ether oxygens (including phenoxy) is 1. The highest BCUT2D eigenvalue weighted by Gasteiger charge is 2.50. The Morgan fingerprint density at radius 2 is 1.94 bits per heavy atom. The molecule has 0 unspecified atom stereocenters. The van der Waals surface area contributed by atoms with Gasteiger partial charge in [0.05, 0.1) is 36.5 Å². The van der Waals surface area contributed by atoms with Crippen molar-refractivity contribution >= 4 is 16.7 Å². The Morgan fingerprint density at radius 1 is 1.09 bits per heavy atom. The first-order valence-corrected chi connectivity index (χ1v) is 11.1. The first-order chi connectivity index (χ1) is 15.5. The van der Waals surface area contributed by atoms with Crippen molar-refractivity contribution in [2.45, 2.75) is 32.2 Å². The third-order valence-electron chi connectivity index (χ3n) is 7.25. The number of rotatable bonds is 2. The summed E-state index contributed by atoms with van der Waals surface area (Å²) in [5, 5.41) is 2.07. The minimum atomic E-state index is -0.110. The molecule has 2 aliphatic rings. The smallest absolute Gasteiger partial charge is 0.138 e. The highest BCUT2D eigenvalue weighted by atomic mass is 16.7. The van der Waals surface area contributed by atoms with Crippen molar-refractivity contribution in [3.63, 3.8) is 0 Å². The number of anilines is 1. The number of hydrogen-bond acceptors (Lipinski definition) is 4. The van der Waals surface area contributed by atoms with Crippen LogP contribution in [0.15, 0.2) is 60.7 Å². The van der Waals surface area contributed by atoms with Crippen molar-refractivity contribution in [3.05, 3.63) is 77.4 Å². The van der Waals surface area contributed by atoms with Crippen LogP contribution in [-0.4, -0.2) is 23.7 Å². The van der Waals surface area contributed by atoms with Crippen LogP contribution in [0.1, 0.15) is 36.6 Å². The number of H-pyrrole nitrogens is 1. The van der Waals surface area contributed by atoms with Crippen LogP contribution in [0.2, 0.25) is 0 Å². The zero-order valence-electron chi connectivity index (χ0n) is 18.8. The van der Waals surface area contributed by atoms with Crippen LogP contribution in [0.3, 0.4) is 0 Å². The van der Waals surface area contributed by atoms with Gasteiger partial charge >= 0.3 is 0 Å². The van der Waals surface area contributed by atoms with Gasteiger partial charge in [-0.2, -0.15) is 0 Å². The van der Waals surface area contributed by atoms with E-state index in [-0.39, 0.29) is 17.4 Å². The van der Waals surface area contributed by atoms with Gasteiger partial charge in [-0.3, -0.25) is 4.84 Å². The van der Waals surface area contributed by atoms with Gasteiger partial charge in [-0.05, 0) is 54.4 Å². The summed E-state index contributed by atoms with van der Waals surface area (Å²) in [4.78, 5) is 14.3. The molecule has 0 bridgehead atoms. The maximum atomic E-state index is 6.20. The van der Waals surface area contributed by atoms with Gasteiger partial charge in [0.25, 0.3) is 0 Å². The van der Waals surface area contributed by atoms with Gasteiger partial charge in [-0.1, -0.05) is 38.1 Å². The summed E-state index contributed by atoms with van der Waals surface area (Å²) in [6.45, 7) is 7.39. The lowest BCUT2D eigenvalue weighted by Gasteiger charge is -2.52. The van der Waals surface area contributed by atoms with Crippen LogP contribution in [0.25, 0.3) is 22.4 Å². The van der Waals surface area contributed by atoms with Gasteiger partial charge in [-0.15, -0.1) is 0 Å². The second-order valence-corrected chi connectivity index (χ2v) is 9.47. The number of aromatic nitrogens is 2. The van der Waals surface area contributed by atoms with Gasteiger partial charge in [0.1, 0.15) is 11.6 Å². The molecule has 0 saturated carbocycles. The lowest BCUT2D eigenvalue weighted by Crippen LogP contribution is -2.51. The largest absolute Gasteiger partial charge is 0.493 e. The van der Waals surface area contributed by atoms with E-state index < -0.39 is 0 Å². The van der Waals surface area contributed by atoms with Crippen LogP contribution in [0, 0.1) is 12.8 Å². The number of imidazole rings is 1. The van der Waals surface area contributed by atoms with Crippen LogP contribution in [0.4, 0.5) is 5.69 Å².